The summed E-state index contributed by atoms with van der Waals surface area (Å²) in [7, 11) is 0. The zero-order chi connectivity index (χ0) is 12.6. The van der Waals surface area contributed by atoms with Gasteiger partial charge in [-0.25, -0.2) is 0 Å². The van der Waals surface area contributed by atoms with Gasteiger partial charge in [-0.3, -0.25) is 4.79 Å². The van der Waals surface area contributed by atoms with Gasteiger partial charge in [0.1, 0.15) is 5.60 Å². The Labute approximate surface area is 102 Å². The number of carbonyl (C=O) groups is 1. The monoisotopic (exact) mass is 233 g/mol. The van der Waals surface area contributed by atoms with Crippen LogP contribution in [0.25, 0.3) is 0 Å². The molecule has 0 unspecified atom stereocenters. The molecule has 0 aliphatic heterocycles. The molecule has 2 atom stereocenters. The van der Waals surface area contributed by atoms with Crippen molar-refractivity contribution in [3.05, 3.63) is 35.4 Å². The van der Waals surface area contributed by atoms with Crippen molar-refractivity contribution in [1.29, 1.82) is 0 Å². The van der Waals surface area contributed by atoms with E-state index in [0.29, 0.717) is 6.42 Å². The molecule has 0 radical (unpaired) electrons. The van der Waals surface area contributed by atoms with Crippen molar-refractivity contribution < 1.29 is 9.53 Å². The summed E-state index contributed by atoms with van der Waals surface area (Å²) in [6, 6.07) is 7.71. The molecular weight excluding hydrogens is 214 g/mol. The van der Waals surface area contributed by atoms with Gasteiger partial charge in [0.05, 0.1) is 5.92 Å². The minimum Gasteiger partial charge on any atom is -0.460 e. The Morgan fingerprint density at radius 2 is 2.00 bits per heavy atom. The maximum Gasteiger partial charge on any atom is 0.311 e. The summed E-state index contributed by atoms with van der Waals surface area (Å²) in [5.41, 5.74) is 7.89. The topological polar surface area (TPSA) is 52.3 Å². The summed E-state index contributed by atoms with van der Waals surface area (Å²) in [6.45, 7) is 5.62. The van der Waals surface area contributed by atoms with Gasteiger partial charge in [-0.1, -0.05) is 24.3 Å². The summed E-state index contributed by atoms with van der Waals surface area (Å²) < 4.78 is 5.40. The van der Waals surface area contributed by atoms with E-state index in [4.69, 9.17) is 10.5 Å². The number of nitrogens with two attached hydrogens (primary N) is 1. The van der Waals surface area contributed by atoms with Crippen LogP contribution < -0.4 is 5.73 Å². The molecule has 0 saturated carbocycles. The second kappa shape index (κ2) is 4.15. The first-order valence-corrected chi connectivity index (χ1v) is 5.95. The maximum atomic E-state index is 12.0. The molecule has 1 aliphatic carbocycles. The molecule has 0 fully saturated rings. The Hall–Kier alpha value is -1.35. The smallest absolute Gasteiger partial charge is 0.311 e. The quantitative estimate of drug-likeness (QED) is 0.756. The lowest BCUT2D eigenvalue weighted by atomic mass is 10.0. The standard InChI is InChI=1S/C14H19NO2/c1-14(2,3)17-13(16)11-8-9-6-4-5-7-10(9)12(11)15/h4-7,11-12H,8,15H2,1-3H3/t11-,12-/m1/s1. The van der Waals surface area contributed by atoms with E-state index in [1.807, 2.05) is 45.0 Å². The van der Waals surface area contributed by atoms with Gasteiger partial charge in [0.2, 0.25) is 0 Å². The van der Waals surface area contributed by atoms with E-state index in [9.17, 15) is 4.79 Å². The maximum absolute atomic E-state index is 12.0. The average Bonchev–Trinajstić information content (AvgIpc) is 2.55. The van der Waals surface area contributed by atoms with Crippen LogP contribution in [0.3, 0.4) is 0 Å². The van der Waals surface area contributed by atoms with E-state index in [2.05, 4.69) is 0 Å². The van der Waals surface area contributed by atoms with E-state index >= 15 is 0 Å². The first-order chi connectivity index (χ1) is 7.88. The summed E-state index contributed by atoms with van der Waals surface area (Å²) in [4.78, 5) is 12.0. The number of carbonyl (C=O) groups excluding carboxylic acids is 1. The fourth-order valence-corrected chi connectivity index (χ4v) is 2.23. The SMILES string of the molecule is CC(C)(C)OC(=O)[C@@H]1Cc2ccccc2[C@H]1N. The van der Waals surface area contributed by atoms with Crippen molar-refractivity contribution in [3.63, 3.8) is 0 Å². The molecule has 2 N–H and O–H groups in total. The summed E-state index contributed by atoms with van der Waals surface area (Å²) >= 11 is 0. The Kier molecular flexibility index (Phi) is 2.96. The van der Waals surface area contributed by atoms with Crippen molar-refractivity contribution in [3.8, 4) is 0 Å². The van der Waals surface area contributed by atoms with Gasteiger partial charge in [0.25, 0.3) is 0 Å². The number of benzene rings is 1. The van der Waals surface area contributed by atoms with Gasteiger partial charge >= 0.3 is 5.97 Å². The highest BCUT2D eigenvalue weighted by atomic mass is 16.6. The predicted molar refractivity (Wildman–Crippen MR) is 66.4 cm³/mol. The van der Waals surface area contributed by atoms with Gasteiger partial charge in [0.15, 0.2) is 0 Å². The molecule has 0 saturated heterocycles. The first kappa shape index (κ1) is 12.1. The van der Waals surface area contributed by atoms with Crippen LogP contribution in [0.2, 0.25) is 0 Å². The average molecular weight is 233 g/mol. The Balaban J connectivity index is 2.15. The van der Waals surface area contributed by atoms with Crippen LogP contribution in [-0.2, 0) is 16.0 Å². The molecule has 1 aromatic carbocycles. The van der Waals surface area contributed by atoms with Crippen LogP contribution in [0.1, 0.15) is 37.9 Å². The molecule has 1 aliphatic rings. The van der Waals surface area contributed by atoms with Gasteiger partial charge < -0.3 is 10.5 Å². The van der Waals surface area contributed by atoms with Gasteiger partial charge in [-0.15, -0.1) is 0 Å². The molecule has 0 aromatic heterocycles. The summed E-state index contributed by atoms with van der Waals surface area (Å²) in [6.07, 6.45) is 0.687. The lowest BCUT2D eigenvalue weighted by molar-refractivity contribution is -0.160. The fourth-order valence-electron chi connectivity index (χ4n) is 2.23. The normalized spacial score (nSPS) is 23.3. The molecule has 3 nitrogen and oxygen atoms in total. The molecule has 0 heterocycles. The van der Waals surface area contributed by atoms with Gasteiger partial charge in [0, 0.05) is 6.04 Å². The zero-order valence-electron chi connectivity index (χ0n) is 10.6. The van der Waals surface area contributed by atoms with Crippen LogP contribution in [0, 0.1) is 5.92 Å². The van der Waals surface area contributed by atoms with E-state index in [1.165, 1.54) is 0 Å². The molecule has 1 aromatic rings. The number of ether oxygens (including phenoxy) is 1. The third-order valence-corrected chi connectivity index (χ3v) is 3.00. The number of rotatable bonds is 1. The molecule has 0 spiro atoms. The third-order valence-electron chi connectivity index (χ3n) is 3.00. The predicted octanol–water partition coefficient (Wildman–Crippen LogP) is 2.20. The van der Waals surface area contributed by atoms with Crippen LogP contribution >= 0.6 is 0 Å². The molecule has 17 heavy (non-hydrogen) atoms. The largest absolute Gasteiger partial charge is 0.460 e. The molecule has 3 heteroatoms. The number of hydrogen-bond donors (Lipinski definition) is 1. The van der Waals surface area contributed by atoms with Crippen molar-refractivity contribution in [2.45, 2.75) is 38.8 Å². The second-order valence-corrected chi connectivity index (χ2v) is 5.57. The minimum absolute atomic E-state index is 0.193. The lowest BCUT2D eigenvalue weighted by Gasteiger charge is -2.23. The number of fused-ring (bicyclic) bond motifs is 1. The second-order valence-electron chi connectivity index (χ2n) is 5.57. The van der Waals surface area contributed by atoms with Crippen molar-refractivity contribution in [2.75, 3.05) is 0 Å². The number of hydrogen-bond acceptors (Lipinski definition) is 3. The van der Waals surface area contributed by atoms with Crippen LogP contribution in [-0.4, -0.2) is 11.6 Å². The Morgan fingerprint density at radius 3 is 2.59 bits per heavy atom. The highest BCUT2D eigenvalue weighted by Crippen LogP contribution is 2.35. The zero-order valence-corrected chi connectivity index (χ0v) is 10.6. The van der Waals surface area contributed by atoms with Crippen LogP contribution in [0.15, 0.2) is 24.3 Å². The summed E-state index contributed by atoms with van der Waals surface area (Å²) in [5, 5.41) is 0. The fraction of sp³-hybridized carbons (Fsp3) is 0.500. The highest BCUT2D eigenvalue weighted by Gasteiger charge is 2.37. The van der Waals surface area contributed by atoms with Crippen LogP contribution in [0.5, 0.6) is 0 Å². The highest BCUT2D eigenvalue weighted by molar-refractivity contribution is 5.76. The van der Waals surface area contributed by atoms with Crippen molar-refractivity contribution in [1.82, 2.24) is 0 Å². The third kappa shape index (κ3) is 2.50. The van der Waals surface area contributed by atoms with E-state index in [-0.39, 0.29) is 17.9 Å². The van der Waals surface area contributed by atoms with Gasteiger partial charge in [-0.05, 0) is 38.3 Å². The van der Waals surface area contributed by atoms with Crippen LogP contribution in [0.4, 0.5) is 0 Å². The minimum atomic E-state index is -0.453. The molecule has 0 bridgehead atoms. The van der Waals surface area contributed by atoms with E-state index in [0.717, 1.165) is 11.1 Å². The van der Waals surface area contributed by atoms with E-state index < -0.39 is 5.60 Å². The first-order valence-electron chi connectivity index (χ1n) is 5.95. The molecule has 0 amide bonds. The lowest BCUT2D eigenvalue weighted by Crippen LogP contribution is -2.32. The molecule has 2 rings (SSSR count). The van der Waals surface area contributed by atoms with Crippen molar-refractivity contribution in [2.24, 2.45) is 11.7 Å². The van der Waals surface area contributed by atoms with E-state index in [1.54, 1.807) is 0 Å². The molecular formula is C14H19NO2. The van der Waals surface area contributed by atoms with Crippen molar-refractivity contribution >= 4 is 5.97 Å². The summed E-state index contributed by atoms with van der Waals surface area (Å²) in [5.74, 6) is -0.437. The number of esters is 1. The Morgan fingerprint density at radius 1 is 1.35 bits per heavy atom. The Bertz CT molecular complexity index is 434. The molecule has 92 valence electrons. The van der Waals surface area contributed by atoms with Gasteiger partial charge in [-0.2, -0.15) is 0 Å².